The molecule has 8 nitrogen and oxygen atoms in total. The molecule has 1 saturated heterocycles. The summed E-state index contributed by atoms with van der Waals surface area (Å²) >= 11 is 10.2. The van der Waals surface area contributed by atoms with E-state index in [1.807, 2.05) is 11.6 Å². The zero-order chi connectivity index (χ0) is 21.6. The number of piperazine rings is 1. The summed E-state index contributed by atoms with van der Waals surface area (Å²) in [6.45, 7) is 6.08. The average molecular weight is 560 g/mol. The van der Waals surface area contributed by atoms with Crippen LogP contribution in [0.25, 0.3) is 22.3 Å². The van der Waals surface area contributed by atoms with Crippen LogP contribution in [-0.2, 0) is 9.53 Å². The summed E-state index contributed by atoms with van der Waals surface area (Å²) < 4.78 is 6.34. The fraction of sp³-hybridized carbons (Fsp3) is 0.368. The fourth-order valence-electron chi connectivity index (χ4n) is 3.07. The number of thiazole rings is 1. The predicted molar refractivity (Wildman–Crippen MR) is 125 cm³/mol. The van der Waals surface area contributed by atoms with Crippen molar-refractivity contribution in [3.05, 3.63) is 26.4 Å². The average Bonchev–Trinajstić information content (AvgIpc) is 3.28. The van der Waals surface area contributed by atoms with Crippen LogP contribution in [0.2, 0.25) is 5.02 Å². The van der Waals surface area contributed by atoms with Gasteiger partial charge in [0.05, 0.1) is 16.1 Å². The number of carbonyl (C=O) groups is 2. The van der Waals surface area contributed by atoms with Crippen LogP contribution in [0.1, 0.15) is 20.8 Å². The zero-order valence-electron chi connectivity index (χ0n) is 16.5. The molecule has 3 aromatic rings. The molecule has 1 aliphatic heterocycles. The van der Waals surface area contributed by atoms with Crippen molar-refractivity contribution in [3.8, 4) is 11.3 Å². The Morgan fingerprint density at radius 3 is 2.83 bits per heavy atom. The summed E-state index contributed by atoms with van der Waals surface area (Å²) in [5, 5.41) is 3.85. The number of nitrogens with zero attached hydrogens (tertiary/aromatic N) is 4. The molecule has 0 bridgehead atoms. The van der Waals surface area contributed by atoms with Crippen molar-refractivity contribution in [2.24, 2.45) is 0 Å². The molecule has 0 aliphatic carbocycles. The van der Waals surface area contributed by atoms with E-state index < -0.39 is 11.7 Å². The molecule has 0 aromatic carbocycles. The van der Waals surface area contributed by atoms with E-state index in [0.29, 0.717) is 34.5 Å². The number of fused-ring (bicyclic) bond motifs is 1. The monoisotopic (exact) mass is 559 g/mol. The van der Waals surface area contributed by atoms with Gasteiger partial charge in [0, 0.05) is 40.0 Å². The van der Waals surface area contributed by atoms with Crippen LogP contribution in [0.15, 0.2) is 17.8 Å². The van der Waals surface area contributed by atoms with Crippen LogP contribution in [0, 0.1) is 3.57 Å². The molecule has 2 amide bonds. The van der Waals surface area contributed by atoms with E-state index in [1.165, 1.54) is 16.2 Å². The number of rotatable bonds is 2. The van der Waals surface area contributed by atoms with Crippen LogP contribution >= 0.6 is 45.5 Å². The lowest BCUT2D eigenvalue weighted by Gasteiger charge is -2.34. The minimum atomic E-state index is -0.604. The highest BCUT2D eigenvalue weighted by Crippen LogP contribution is 2.37. The second-order valence-electron chi connectivity index (χ2n) is 7.81. The van der Waals surface area contributed by atoms with Crippen molar-refractivity contribution >= 4 is 73.7 Å². The molecule has 0 radical (unpaired) electrons. The third-order valence-electron chi connectivity index (χ3n) is 4.46. The highest BCUT2D eigenvalue weighted by atomic mass is 127. The van der Waals surface area contributed by atoms with Crippen molar-refractivity contribution in [2.75, 3.05) is 24.5 Å². The SMILES string of the molecule is CC(C)(C)OC(=O)N1CCN(c2nc(-c3cnc4[nH]cc(I)c4c3Cl)cs2)C(=O)C1. The van der Waals surface area contributed by atoms with E-state index in [1.54, 1.807) is 31.9 Å². The lowest BCUT2D eigenvalue weighted by Crippen LogP contribution is -2.53. The Balaban J connectivity index is 1.53. The number of hydrogen-bond acceptors (Lipinski definition) is 6. The molecule has 3 aromatic heterocycles. The molecule has 1 fully saturated rings. The third kappa shape index (κ3) is 4.12. The van der Waals surface area contributed by atoms with Gasteiger partial charge in [-0.1, -0.05) is 11.6 Å². The first-order valence-electron chi connectivity index (χ1n) is 9.19. The van der Waals surface area contributed by atoms with E-state index in [9.17, 15) is 9.59 Å². The predicted octanol–water partition coefficient (Wildman–Crippen LogP) is 4.53. The Kier molecular flexibility index (Phi) is 5.66. The van der Waals surface area contributed by atoms with E-state index in [0.717, 1.165) is 14.6 Å². The van der Waals surface area contributed by atoms with Gasteiger partial charge in [-0.05, 0) is 43.4 Å². The third-order valence-corrected chi connectivity index (χ3v) is 6.57. The number of hydrogen-bond donors (Lipinski definition) is 1. The fourth-order valence-corrected chi connectivity index (χ4v) is 5.11. The molecule has 0 unspecified atom stereocenters. The number of nitrogens with one attached hydrogen (secondary N) is 1. The van der Waals surface area contributed by atoms with Crippen LogP contribution in [0.4, 0.5) is 9.93 Å². The molecule has 0 spiro atoms. The van der Waals surface area contributed by atoms with Gasteiger partial charge in [0.2, 0.25) is 5.91 Å². The van der Waals surface area contributed by atoms with E-state index in [4.69, 9.17) is 16.3 Å². The summed E-state index contributed by atoms with van der Waals surface area (Å²) in [6.07, 6.45) is 3.05. The number of halogens is 2. The topological polar surface area (TPSA) is 91.4 Å². The van der Waals surface area contributed by atoms with Crippen LogP contribution in [0.3, 0.4) is 0 Å². The molecule has 0 atom stereocenters. The highest BCUT2D eigenvalue weighted by Gasteiger charge is 2.32. The van der Waals surface area contributed by atoms with Gasteiger partial charge in [-0.25, -0.2) is 14.8 Å². The van der Waals surface area contributed by atoms with E-state index >= 15 is 0 Å². The number of ether oxygens (including phenoxy) is 1. The molecule has 4 rings (SSSR count). The lowest BCUT2D eigenvalue weighted by molar-refractivity contribution is -0.121. The number of aromatic nitrogens is 3. The normalized spacial score (nSPS) is 15.2. The summed E-state index contributed by atoms with van der Waals surface area (Å²) in [6, 6.07) is 0. The van der Waals surface area contributed by atoms with Gasteiger partial charge >= 0.3 is 6.09 Å². The highest BCUT2D eigenvalue weighted by molar-refractivity contribution is 14.1. The first-order chi connectivity index (χ1) is 14.1. The maximum atomic E-state index is 12.7. The number of amides is 2. The van der Waals surface area contributed by atoms with Gasteiger partial charge < -0.3 is 9.72 Å². The quantitative estimate of drug-likeness (QED) is 0.466. The summed E-state index contributed by atoms with van der Waals surface area (Å²) in [4.78, 5) is 40.0. The molecule has 1 N–H and O–H groups in total. The van der Waals surface area contributed by atoms with Gasteiger partial charge in [-0.3, -0.25) is 14.6 Å². The number of anilines is 1. The number of pyridine rings is 1. The van der Waals surface area contributed by atoms with E-state index in [-0.39, 0.29) is 12.5 Å². The lowest BCUT2D eigenvalue weighted by atomic mass is 10.2. The van der Waals surface area contributed by atoms with Crippen LogP contribution < -0.4 is 4.90 Å². The molecule has 11 heteroatoms. The van der Waals surface area contributed by atoms with Crippen molar-refractivity contribution in [2.45, 2.75) is 26.4 Å². The standard InChI is InChI=1S/C19H19ClIN5O3S/c1-19(2,3)29-18(28)25-4-5-26(13(27)8-25)17-24-12(9-30-17)10-6-22-16-14(15(10)20)11(21)7-23-16/h6-7,9H,4-5,8H2,1-3H3,(H,22,23). The first kappa shape index (κ1) is 21.3. The number of aromatic amines is 1. The van der Waals surface area contributed by atoms with Crippen molar-refractivity contribution in [3.63, 3.8) is 0 Å². The molecule has 4 heterocycles. The molecular weight excluding hydrogens is 541 g/mol. The minimum Gasteiger partial charge on any atom is -0.444 e. The Morgan fingerprint density at radius 1 is 1.37 bits per heavy atom. The molecule has 30 heavy (non-hydrogen) atoms. The zero-order valence-corrected chi connectivity index (χ0v) is 20.3. The maximum absolute atomic E-state index is 12.7. The smallest absolute Gasteiger partial charge is 0.410 e. The first-order valence-corrected chi connectivity index (χ1v) is 11.5. The summed E-state index contributed by atoms with van der Waals surface area (Å²) in [7, 11) is 0. The van der Waals surface area contributed by atoms with Crippen LogP contribution in [0.5, 0.6) is 0 Å². The van der Waals surface area contributed by atoms with Crippen molar-refractivity contribution in [1.82, 2.24) is 19.9 Å². The van der Waals surface area contributed by atoms with Gasteiger partial charge in [-0.15, -0.1) is 11.3 Å². The van der Waals surface area contributed by atoms with Crippen LogP contribution in [-0.4, -0.2) is 57.1 Å². The number of H-pyrrole nitrogens is 1. The Bertz CT molecular complexity index is 1140. The molecule has 0 saturated carbocycles. The van der Waals surface area contributed by atoms with E-state index in [2.05, 4.69) is 37.5 Å². The van der Waals surface area contributed by atoms with Gasteiger partial charge in [-0.2, -0.15) is 0 Å². The second-order valence-corrected chi connectivity index (χ2v) is 10.2. The maximum Gasteiger partial charge on any atom is 0.410 e. The molecule has 158 valence electrons. The van der Waals surface area contributed by atoms with Crippen molar-refractivity contribution in [1.29, 1.82) is 0 Å². The molecule has 1 aliphatic rings. The molecular formula is C19H19ClIN5O3S. The Hall–Kier alpha value is -1.92. The minimum absolute atomic E-state index is 0.0420. The largest absolute Gasteiger partial charge is 0.444 e. The van der Waals surface area contributed by atoms with Crippen molar-refractivity contribution < 1.29 is 14.3 Å². The number of carbonyl (C=O) groups excluding carboxylic acids is 2. The Labute approximate surface area is 195 Å². The van der Waals surface area contributed by atoms with Gasteiger partial charge in [0.1, 0.15) is 17.8 Å². The van der Waals surface area contributed by atoms with Gasteiger partial charge in [0.25, 0.3) is 0 Å². The Morgan fingerprint density at radius 2 is 2.13 bits per heavy atom. The second kappa shape index (κ2) is 7.97. The summed E-state index contributed by atoms with van der Waals surface area (Å²) in [5.41, 5.74) is 1.49. The summed E-state index contributed by atoms with van der Waals surface area (Å²) in [5.74, 6) is -0.201. The van der Waals surface area contributed by atoms with Gasteiger partial charge in [0.15, 0.2) is 5.13 Å².